The van der Waals surface area contributed by atoms with Gasteiger partial charge in [-0.05, 0) is 38.4 Å². The van der Waals surface area contributed by atoms with Crippen LogP contribution in [0, 0.1) is 0 Å². The first kappa shape index (κ1) is 14.7. The standard InChI is InChI=1S/C14H23N5O/c1-3-15-11(2)10-16-14(20)12-6-7-13(18-17-12)19-8-4-5-9-19/h6-7,11,15H,3-5,8-10H2,1-2H3,(H,16,20)/t11-/m1/s1. The summed E-state index contributed by atoms with van der Waals surface area (Å²) >= 11 is 0. The molecule has 0 bridgehead atoms. The van der Waals surface area contributed by atoms with Gasteiger partial charge in [-0.2, -0.15) is 0 Å². The molecule has 1 aromatic rings. The van der Waals surface area contributed by atoms with Crippen LogP contribution in [-0.4, -0.2) is 48.3 Å². The minimum absolute atomic E-state index is 0.171. The minimum Gasteiger partial charge on any atom is -0.355 e. The lowest BCUT2D eigenvalue weighted by atomic mass is 10.3. The molecule has 0 aromatic carbocycles. The Labute approximate surface area is 120 Å². The highest BCUT2D eigenvalue weighted by atomic mass is 16.1. The van der Waals surface area contributed by atoms with Crippen molar-refractivity contribution in [1.82, 2.24) is 20.8 Å². The van der Waals surface area contributed by atoms with E-state index in [9.17, 15) is 4.79 Å². The van der Waals surface area contributed by atoms with Crippen LogP contribution >= 0.6 is 0 Å². The highest BCUT2D eigenvalue weighted by Crippen LogP contribution is 2.16. The topological polar surface area (TPSA) is 70.2 Å². The maximum atomic E-state index is 11.9. The summed E-state index contributed by atoms with van der Waals surface area (Å²) in [7, 11) is 0. The predicted molar refractivity (Wildman–Crippen MR) is 79.0 cm³/mol. The summed E-state index contributed by atoms with van der Waals surface area (Å²) in [5.41, 5.74) is 0.372. The number of anilines is 1. The molecule has 6 nitrogen and oxygen atoms in total. The van der Waals surface area contributed by atoms with Crippen LogP contribution in [0.3, 0.4) is 0 Å². The smallest absolute Gasteiger partial charge is 0.271 e. The number of amides is 1. The van der Waals surface area contributed by atoms with Crippen molar-refractivity contribution in [3.8, 4) is 0 Å². The van der Waals surface area contributed by atoms with Crippen LogP contribution in [0.25, 0.3) is 0 Å². The van der Waals surface area contributed by atoms with Gasteiger partial charge >= 0.3 is 0 Å². The number of carbonyl (C=O) groups is 1. The first-order chi connectivity index (χ1) is 9.70. The fourth-order valence-corrected chi connectivity index (χ4v) is 2.32. The quantitative estimate of drug-likeness (QED) is 0.805. The van der Waals surface area contributed by atoms with Gasteiger partial charge < -0.3 is 15.5 Å². The Balaban J connectivity index is 1.87. The van der Waals surface area contributed by atoms with Crippen molar-refractivity contribution in [1.29, 1.82) is 0 Å². The average Bonchev–Trinajstić information content (AvgIpc) is 2.99. The molecule has 0 saturated carbocycles. The second-order valence-corrected chi connectivity index (χ2v) is 5.14. The Bertz CT molecular complexity index is 428. The lowest BCUT2D eigenvalue weighted by Crippen LogP contribution is -2.39. The van der Waals surface area contributed by atoms with Crippen molar-refractivity contribution < 1.29 is 4.79 Å². The number of nitrogens with one attached hydrogen (secondary N) is 2. The van der Waals surface area contributed by atoms with E-state index in [2.05, 4.69) is 25.7 Å². The van der Waals surface area contributed by atoms with Gasteiger partial charge in [0.2, 0.25) is 0 Å². The van der Waals surface area contributed by atoms with Crippen LogP contribution < -0.4 is 15.5 Å². The minimum atomic E-state index is -0.171. The third kappa shape index (κ3) is 3.90. The van der Waals surface area contributed by atoms with Crippen LogP contribution in [0.15, 0.2) is 12.1 Å². The highest BCUT2D eigenvalue weighted by Gasteiger charge is 2.15. The zero-order valence-corrected chi connectivity index (χ0v) is 12.2. The molecule has 1 fully saturated rings. The van der Waals surface area contributed by atoms with Crippen molar-refractivity contribution in [3.63, 3.8) is 0 Å². The Kier molecular flexibility index (Phi) is 5.29. The summed E-state index contributed by atoms with van der Waals surface area (Å²) in [5, 5.41) is 14.3. The van der Waals surface area contributed by atoms with Gasteiger partial charge in [-0.1, -0.05) is 6.92 Å². The molecule has 0 radical (unpaired) electrons. The lowest BCUT2D eigenvalue weighted by Gasteiger charge is -2.15. The van der Waals surface area contributed by atoms with E-state index in [-0.39, 0.29) is 11.9 Å². The summed E-state index contributed by atoms with van der Waals surface area (Å²) in [6.45, 7) is 7.61. The van der Waals surface area contributed by atoms with E-state index in [4.69, 9.17) is 0 Å². The maximum absolute atomic E-state index is 11.9. The van der Waals surface area contributed by atoms with Crippen LogP contribution in [-0.2, 0) is 0 Å². The molecule has 6 heteroatoms. The molecule has 1 aromatic heterocycles. The molecule has 0 aliphatic carbocycles. The number of rotatable bonds is 6. The Morgan fingerprint density at radius 1 is 1.35 bits per heavy atom. The maximum Gasteiger partial charge on any atom is 0.271 e. The summed E-state index contributed by atoms with van der Waals surface area (Å²) in [4.78, 5) is 14.1. The molecule has 2 rings (SSSR count). The number of hydrogen-bond donors (Lipinski definition) is 2. The van der Waals surface area contributed by atoms with Gasteiger partial charge in [0.1, 0.15) is 0 Å². The highest BCUT2D eigenvalue weighted by molar-refractivity contribution is 5.92. The van der Waals surface area contributed by atoms with E-state index in [1.54, 1.807) is 6.07 Å². The van der Waals surface area contributed by atoms with Gasteiger partial charge in [0.15, 0.2) is 11.5 Å². The van der Waals surface area contributed by atoms with E-state index < -0.39 is 0 Å². The first-order valence-electron chi connectivity index (χ1n) is 7.31. The van der Waals surface area contributed by atoms with Gasteiger partial charge in [0, 0.05) is 25.7 Å². The number of hydrogen-bond acceptors (Lipinski definition) is 5. The normalized spacial score (nSPS) is 16.2. The molecule has 1 aliphatic heterocycles. The second kappa shape index (κ2) is 7.19. The molecule has 2 heterocycles. The van der Waals surface area contributed by atoms with Gasteiger partial charge in [-0.25, -0.2) is 0 Å². The number of likely N-dealkylation sites (N-methyl/N-ethyl adjacent to an activating group) is 1. The molecule has 1 amide bonds. The van der Waals surface area contributed by atoms with E-state index in [0.29, 0.717) is 12.2 Å². The van der Waals surface area contributed by atoms with Gasteiger partial charge in [0.25, 0.3) is 5.91 Å². The summed E-state index contributed by atoms with van der Waals surface area (Å²) in [6, 6.07) is 3.87. The monoisotopic (exact) mass is 277 g/mol. The van der Waals surface area contributed by atoms with E-state index in [1.807, 2.05) is 19.9 Å². The third-order valence-electron chi connectivity index (χ3n) is 3.43. The van der Waals surface area contributed by atoms with Gasteiger partial charge in [-0.15, -0.1) is 10.2 Å². The van der Waals surface area contributed by atoms with Crippen LogP contribution in [0.4, 0.5) is 5.82 Å². The molecule has 1 aliphatic rings. The van der Waals surface area contributed by atoms with E-state index in [0.717, 1.165) is 25.5 Å². The van der Waals surface area contributed by atoms with Crippen molar-refractivity contribution in [3.05, 3.63) is 17.8 Å². The van der Waals surface area contributed by atoms with E-state index >= 15 is 0 Å². The van der Waals surface area contributed by atoms with Crippen molar-refractivity contribution >= 4 is 11.7 Å². The lowest BCUT2D eigenvalue weighted by molar-refractivity contribution is 0.0944. The number of nitrogens with zero attached hydrogens (tertiary/aromatic N) is 3. The van der Waals surface area contributed by atoms with Gasteiger partial charge in [-0.3, -0.25) is 4.79 Å². The Hall–Kier alpha value is -1.69. The molecule has 0 unspecified atom stereocenters. The van der Waals surface area contributed by atoms with Gasteiger partial charge in [0.05, 0.1) is 0 Å². The molecular formula is C14H23N5O. The summed E-state index contributed by atoms with van der Waals surface area (Å²) in [6.07, 6.45) is 2.40. The molecular weight excluding hydrogens is 254 g/mol. The molecule has 1 saturated heterocycles. The zero-order valence-electron chi connectivity index (χ0n) is 12.2. The van der Waals surface area contributed by atoms with Crippen LogP contribution in [0.2, 0.25) is 0 Å². The summed E-state index contributed by atoms with van der Waals surface area (Å²) in [5.74, 6) is 0.690. The predicted octanol–water partition coefficient (Wildman–Crippen LogP) is 0.805. The zero-order chi connectivity index (χ0) is 14.4. The van der Waals surface area contributed by atoms with E-state index in [1.165, 1.54) is 12.8 Å². The molecule has 20 heavy (non-hydrogen) atoms. The molecule has 110 valence electrons. The molecule has 2 N–H and O–H groups in total. The van der Waals surface area contributed by atoms with Crippen LogP contribution in [0.1, 0.15) is 37.2 Å². The van der Waals surface area contributed by atoms with Crippen molar-refractivity contribution in [2.24, 2.45) is 0 Å². The third-order valence-corrected chi connectivity index (χ3v) is 3.43. The SMILES string of the molecule is CCN[C@H](C)CNC(=O)c1ccc(N2CCCC2)nn1. The number of carbonyl (C=O) groups excluding carboxylic acids is 1. The largest absolute Gasteiger partial charge is 0.355 e. The first-order valence-corrected chi connectivity index (χ1v) is 7.31. The summed E-state index contributed by atoms with van der Waals surface area (Å²) < 4.78 is 0. The molecule has 1 atom stereocenters. The fraction of sp³-hybridized carbons (Fsp3) is 0.643. The van der Waals surface area contributed by atoms with Crippen molar-refractivity contribution in [2.45, 2.75) is 32.7 Å². The second-order valence-electron chi connectivity index (χ2n) is 5.14. The Morgan fingerprint density at radius 2 is 2.10 bits per heavy atom. The Morgan fingerprint density at radius 3 is 2.70 bits per heavy atom. The molecule has 0 spiro atoms. The average molecular weight is 277 g/mol. The fourth-order valence-electron chi connectivity index (χ4n) is 2.32. The van der Waals surface area contributed by atoms with Crippen LogP contribution in [0.5, 0.6) is 0 Å². The van der Waals surface area contributed by atoms with Crippen molar-refractivity contribution in [2.75, 3.05) is 31.1 Å². The number of aromatic nitrogens is 2.